The van der Waals surface area contributed by atoms with Crippen LogP contribution in [0.4, 0.5) is 5.69 Å². The van der Waals surface area contributed by atoms with Crippen molar-refractivity contribution in [3.8, 4) is 5.75 Å². The number of benzene rings is 1. The van der Waals surface area contributed by atoms with E-state index in [-0.39, 0.29) is 30.9 Å². The maximum Gasteiger partial charge on any atom is 0.274 e. The predicted octanol–water partition coefficient (Wildman–Crippen LogP) is 1.44. The summed E-state index contributed by atoms with van der Waals surface area (Å²) in [5.74, 6) is -0.107. The summed E-state index contributed by atoms with van der Waals surface area (Å²) in [4.78, 5) is 27.2. The molecule has 1 aliphatic heterocycles. The average molecular weight is 372 g/mol. The molecule has 1 aromatic heterocycles. The van der Waals surface area contributed by atoms with Crippen LogP contribution in [0.1, 0.15) is 33.5 Å². The number of anilines is 1. The third kappa shape index (κ3) is 3.95. The first kappa shape index (κ1) is 18.9. The minimum Gasteiger partial charge on any atom is -0.490 e. The maximum atomic E-state index is 12.9. The molecule has 2 aromatic rings. The van der Waals surface area contributed by atoms with E-state index in [1.165, 1.54) is 4.68 Å². The highest BCUT2D eigenvalue weighted by molar-refractivity contribution is 6.06. The molecular formula is C19H24N4O4. The van der Waals surface area contributed by atoms with Gasteiger partial charge in [-0.1, -0.05) is 13.0 Å². The molecule has 2 amide bonds. The summed E-state index contributed by atoms with van der Waals surface area (Å²) < 4.78 is 7.40. The van der Waals surface area contributed by atoms with Crippen molar-refractivity contribution in [2.75, 3.05) is 31.6 Å². The van der Waals surface area contributed by atoms with Crippen molar-refractivity contribution in [3.05, 3.63) is 41.2 Å². The van der Waals surface area contributed by atoms with Gasteiger partial charge in [-0.25, -0.2) is 0 Å². The molecule has 8 nitrogen and oxygen atoms in total. The highest BCUT2D eigenvalue weighted by atomic mass is 16.5. The fourth-order valence-electron chi connectivity index (χ4n) is 3.19. The van der Waals surface area contributed by atoms with Gasteiger partial charge in [-0.2, -0.15) is 5.10 Å². The van der Waals surface area contributed by atoms with E-state index in [0.717, 1.165) is 5.69 Å². The monoisotopic (exact) mass is 372 g/mol. The van der Waals surface area contributed by atoms with Crippen molar-refractivity contribution in [2.24, 2.45) is 13.0 Å². The minimum absolute atomic E-state index is 0.0946. The van der Waals surface area contributed by atoms with E-state index in [9.17, 15) is 14.7 Å². The van der Waals surface area contributed by atoms with Gasteiger partial charge in [-0.05, 0) is 25.1 Å². The molecule has 2 heterocycles. The third-order valence-corrected chi connectivity index (χ3v) is 4.43. The van der Waals surface area contributed by atoms with E-state index in [1.54, 1.807) is 36.2 Å². The number of aromatic nitrogens is 2. The summed E-state index contributed by atoms with van der Waals surface area (Å²) in [5.41, 5.74) is 1.96. The van der Waals surface area contributed by atoms with Crippen LogP contribution in [-0.2, 0) is 7.05 Å². The number of nitrogens with zero attached hydrogens (tertiary/aromatic N) is 3. The van der Waals surface area contributed by atoms with Gasteiger partial charge in [0.2, 0.25) is 0 Å². The minimum atomic E-state index is -0.329. The van der Waals surface area contributed by atoms with Gasteiger partial charge in [0.1, 0.15) is 5.69 Å². The lowest BCUT2D eigenvalue weighted by Gasteiger charge is -2.30. The Bertz CT molecular complexity index is 861. The Labute approximate surface area is 157 Å². The second kappa shape index (κ2) is 7.79. The molecule has 8 heteroatoms. The van der Waals surface area contributed by atoms with Crippen LogP contribution in [0.3, 0.4) is 0 Å². The van der Waals surface area contributed by atoms with E-state index in [1.807, 2.05) is 13.8 Å². The van der Waals surface area contributed by atoms with Crippen molar-refractivity contribution in [1.29, 1.82) is 0 Å². The molecule has 2 N–H and O–H groups in total. The van der Waals surface area contributed by atoms with E-state index in [0.29, 0.717) is 35.8 Å². The Balaban J connectivity index is 1.94. The lowest BCUT2D eigenvalue weighted by Crippen LogP contribution is -2.40. The standard InChI is InChI=1S/C19H24N4O4/c1-12-10-23(7-8-24)19(26)14-5-4-6-15(17(14)27-11-12)20-18(25)16-9-13(2)21-22(16)3/h4-6,9,12,24H,7-8,10-11H2,1-3H3,(H,20,25). The van der Waals surface area contributed by atoms with Gasteiger partial charge >= 0.3 is 0 Å². The fraction of sp³-hybridized carbons (Fsp3) is 0.421. The summed E-state index contributed by atoms with van der Waals surface area (Å²) in [7, 11) is 1.70. The third-order valence-electron chi connectivity index (χ3n) is 4.43. The molecule has 1 unspecified atom stereocenters. The molecule has 0 spiro atoms. The number of fused-ring (bicyclic) bond motifs is 1. The summed E-state index contributed by atoms with van der Waals surface area (Å²) in [6, 6.07) is 6.77. The van der Waals surface area contributed by atoms with Crippen LogP contribution in [0.5, 0.6) is 5.75 Å². The smallest absolute Gasteiger partial charge is 0.274 e. The zero-order valence-corrected chi connectivity index (χ0v) is 15.7. The van der Waals surface area contributed by atoms with Crippen molar-refractivity contribution in [3.63, 3.8) is 0 Å². The van der Waals surface area contributed by atoms with E-state index in [4.69, 9.17) is 4.74 Å². The van der Waals surface area contributed by atoms with Crippen LogP contribution in [-0.4, -0.2) is 57.9 Å². The first-order valence-corrected chi connectivity index (χ1v) is 8.88. The van der Waals surface area contributed by atoms with Crippen LogP contribution < -0.4 is 10.1 Å². The Hall–Kier alpha value is -2.87. The quantitative estimate of drug-likeness (QED) is 0.847. The van der Waals surface area contributed by atoms with Gasteiger partial charge in [0, 0.05) is 26.1 Å². The molecule has 0 saturated carbocycles. The Morgan fingerprint density at radius 1 is 1.44 bits per heavy atom. The molecule has 1 aliphatic rings. The number of aryl methyl sites for hydroxylation is 2. The van der Waals surface area contributed by atoms with Crippen LogP contribution in [0.15, 0.2) is 24.3 Å². The van der Waals surface area contributed by atoms with Crippen molar-refractivity contribution >= 4 is 17.5 Å². The molecule has 3 rings (SSSR count). The number of β-amino-alcohol motifs (C(OH)–C–C–N with tert-alkyl or cyclic N) is 1. The fourth-order valence-corrected chi connectivity index (χ4v) is 3.19. The summed E-state index contributed by atoms with van der Waals surface area (Å²) >= 11 is 0. The van der Waals surface area contributed by atoms with Crippen LogP contribution >= 0.6 is 0 Å². The number of amides is 2. The molecule has 1 atom stereocenters. The number of aliphatic hydroxyl groups is 1. The lowest BCUT2D eigenvalue weighted by atomic mass is 10.1. The average Bonchev–Trinajstić information content (AvgIpc) is 2.97. The van der Waals surface area contributed by atoms with Crippen molar-refractivity contribution in [2.45, 2.75) is 13.8 Å². The molecule has 1 aromatic carbocycles. The van der Waals surface area contributed by atoms with Crippen LogP contribution in [0, 0.1) is 12.8 Å². The first-order valence-electron chi connectivity index (χ1n) is 8.88. The number of aliphatic hydroxyl groups excluding tert-OH is 1. The van der Waals surface area contributed by atoms with E-state index in [2.05, 4.69) is 10.4 Å². The van der Waals surface area contributed by atoms with Crippen LogP contribution in [0.2, 0.25) is 0 Å². The number of hydrogen-bond donors (Lipinski definition) is 2. The topological polar surface area (TPSA) is 96.7 Å². The highest BCUT2D eigenvalue weighted by Gasteiger charge is 2.27. The number of carbonyl (C=O) groups is 2. The largest absolute Gasteiger partial charge is 0.490 e. The van der Waals surface area contributed by atoms with Gasteiger partial charge < -0.3 is 20.1 Å². The molecule has 0 radical (unpaired) electrons. The second-order valence-corrected chi connectivity index (χ2v) is 6.82. The lowest BCUT2D eigenvalue weighted by molar-refractivity contribution is 0.0645. The number of nitrogens with one attached hydrogen (secondary N) is 1. The normalized spacial score (nSPS) is 17.0. The van der Waals surface area contributed by atoms with Gasteiger partial charge in [0.05, 0.1) is 30.2 Å². The van der Waals surface area contributed by atoms with Gasteiger partial charge in [-0.3, -0.25) is 14.3 Å². The molecule has 0 saturated heterocycles. The SMILES string of the molecule is Cc1cc(C(=O)Nc2cccc3c2OCC(C)CN(CCO)C3=O)n(C)n1. The van der Waals surface area contributed by atoms with Crippen molar-refractivity contribution < 1.29 is 19.4 Å². The molecule has 0 fully saturated rings. The summed E-state index contributed by atoms with van der Waals surface area (Å²) in [5, 5.41) is 16.3. The van der Waals surface area contributed by atoms with Crippen LogP contribution in [0.25, 0.3) is 0 Å². The zero-order valence-electron chi connectivity index (χ0n) is 15.7. The van der Waals surface area contributed by atoms with E-state index < -0.39 is 0 Å². The molecule has 0 bridgehead atoms. The van der Waals surface area contributed by atoms with Gasteiger partial charge in [-0.15, -0.1) is 0 Å². The van der Waals surface area contributed by atoms with Crippen molar-refractivity contribution in [1.82, 2.24) is 14.7 Å². The molecular weight excluding hydrogens is 348 g/mol. The molecule has 144 valence electrons. The Morgan fingerprint density at radius 3 is 2.89 bits per heavy atom. The summed E-state index contributed by atoms with van der Waals surface area (Å²) in [6.45, 7) is 4.85. The van der Waals surface area contributed by atoms with Gasteiger partial charge in [0.15, 0.2) is 5.75 Å². The summed E-state index contributed by atoms with van der Waals surface area (Å²) in [6.07, 6.45) is 0. The van der Waals surface area contributed by atoms with E-state index >= 15 is 0 Å². The predicted molar refractivity (Wildman–Crippen MR) is 100.0 cm³/mol. The number of ether oxygens (including phenoxy) is 1. The first-order chi connectivity index (χ1) is 12.9. The second-order valence-electron chi connectivity index (χ2n) is 6.82. The maximum absolute atomic E-state index is 12.9. The Kier molecular flexibility index (Phi) is 5.46. The number of para-hydroxylation sites is 1. The number of rotatable bonds is 4. The van der Waals surface area contributed by atoms with Gasteiger partial charge in [0.25, 0.3) is 11.8 Å². The zero-order chi connectivity index (χ0) is 19.6. The number of hydrogen-bond acceptors (Lipinski definition) is 5. The Morgan fingerprint density at radius 2 is 2.22 bits per heavy atom. The molecule has 0 aliphatic carbocycles. The molecule has 27 heavy (non-hydrogen) atoms. The number of carbonyl (C=O) groups excluding carboxylic acids is 2. The highest BCUT2D eigenvalue weighted by Crippen LogP contribution is 2.32.